The van der Waals surface area contributed by atoms with E-state index in [0.29, 0.717) is 42.3 Å². The third-order valence-electron chi connectivity index (χ3n) is 9.58. The molecule has 4 aliphatic carbocycles. The molecule has 0 heterocycles. The number of hydrogen-bond acceptors (Lipinski definition) is 3. The molecule has 3 fully saturated rings. The second-order valence-electron chi connectivity index (χ2n) is 10.3. The molecule has 0 aromatic rings. The minimum atomic E-state index is -0.601. The standard InChI is InChI=1S/C23H36O3/c1-15-13-17(25)14-16-5-6-18-19-8-11-23(26,9-4-12-24)21(19,2)10-7-20(18)22(15,16)3/h14-15,18-20,24,26H,4-13H2,1-3H3/t15?,18-,19-,20+,21-,22-,23?/m0/s1. The van der Waals surface area contributed by atoms with E-state index in [2.05, 4.69) is 20.8 Å². The lowest BCUT2D eigenvalue weighted by Crippen LogP contribution is -2.56. The first-order valence-electron chi connectivity index (χ1n) is 10.8. The van der Waals surface area contributed by atoms with E-state index in [1.54, 1.807) is 0 Å². The van der Waals surface area contributed by atoms with Gasteiger partial charge < -0.3 is 10.2 Å². The van der Waals surface area contributed by atoms with Gasteiger partial charge in [0.1, 0.15) is 0 Å². The molecule has 7 atom stereocenters. The molecule has 0 aromatic heterocycles. The molecule has 3 heteroatoms. The van der Waals surface area contributed by atoms with E-state index in [0.717, 1.165) is 32.1 Å². The van der Waals surface area contributed by atoms with Crippen LogP contribution in [0.2, 0.25) is 0 Å². The van der Waals surface area contributed by atoms with Gasteiger partial charge in [-0.15, -0.1) is 0 Å². The van der Waals surface area contributed by atoms with Crippen LogP contribution in [-0.2, 0) is 4.79 Å². The molecule has 0 spiro atoms. The summed E-state index contributed by atoms with van der Waals surface area (Å²) in [7, 11) is 0. The van der Waals surface area contributed by atoms with E-state index < -0.39 is 5.60 Å². The molecule has 0 amide bonds. The molecule has 0 aliphatic heterocycles. The molecule has 4 aliphatic rings. The van der Waals surface area contributed by atoms with Crippen LogP contribution in [0.4, 0.5) is 0 Å². The van der Waals surface area contributed by atoms with Crippen LogP contribution in [0, 0.1) is 34.5 Å². The Kier molecular flexibility index (Phi) is 4.43. The van der Waals surface area contributed by atoms with E-state index in [9.17, 15) is 15.0 Å². The van der Waals surface area contributed by atoms with Crippen molar-refractivity contribution in [2.24, 2.45) is 34.5 Å². The summed E-state index contributed by atoms with van der Waals surface area (Å²) in [6.07, 6.45) is 10.7. The molecule has 0 saturated heterocycles. The highest BCUT2D eigenvalue weighted by molar-refractivity contribution is 5.92. The van der Waals surface area contributed by atoms with E-state index in [1.807, 2.05) is 6.08 Å². The highest BCUT2D eigenvalue weighted by atomic mass is 16.3. The summed E-state index contributed by atoms with van der Waals surface area (Å²) < 4.78 is 0. The van der Waals surface area contributed by atoms with Crippen molar-refractivity contribution < 1.29 is 15.0 Å². The minimum absolute atomic E-state index is 0.00532. The molecule has 146 valence electrons. The fourth-order valence-electron chi connectivity index (χ4n) is 7.83. The third-order valence-corrected chi connectivity index (χ3v) is 9.58. The van der Waals surface area contributed by atoms with Crippen LogP contribution in [0.1, 0.15) is 78.6 Å². The highest BCUT2D eigenvalue weighted by Gasteiger charge is 2.64. The Balaban J connectivity index is 1.65. The van der Waals surface area contributed by atoms with Crippen LogP contribution in [0.25, 0.3) is 0 Å². The van der Waals surface area contributed by atoms with Gasteiger partial charge in [0.2, 0.25) is 0 Å². The SMILES string of the molecule is CC1CC(=O)C=C2CC[C@@H]3[C@@H](CC[C@@]4(C)[C@H]3CCC4(O)CCCO)[C@]21C. The summed E-state index contributed by atoms with van der Waals surface area (Å²) in [4.78, 5) is 12.1. The normalized spacial score (nSPS) is 50.7. The molecule has 0 bridgehead atoms. The zero-order chi connectivity index (χ0) is 18.7. The van der Waals surface area contributed by atoms with Crippen molar-refractivity contribution in [2.75, 3.05) is 6.61 Å². The van der Waals surface area contributed by atoms with Gasteiger partial charge in [0.25, 0.3) is 0 Å². The van der Waals surface area contributed by atoms with E-state index >= 15 is 0 Å². The zero-order valence-corrected chi connectivity index (χ0v) is 16.8. The second kappa shape index (κ2) is 6.17. The number of aliphatic hydroxyl groups is 2. The largest absolute Gasteiger partial charge is 0.396 e. The van der Waals surface area contributed by atoms with Crippen molar-refractivity contribution in [1.82, 2.24) is 0 Å². The number of hydrogen-bond donors (Lipinski definition) is 2. The molecular formula is C23H36O3. The number of carbonyl (C=O) groups excluding carboxylic acids is 1. The molecule has 0 radical (unpaired) electrons. The molecule has 3 saturated carbocycles. The summed E-state index contributed by atoms with van der Waals surface area (Å²) in [6.45, 7) is 7.22. The van der Waals surface area contributed by atoms with Gasteiger partial charge in [0.05, 0.1) is 5.60 Å². The van der Waals surface area contributed by atoms with Gasteiger partial charge in [-0.2, -0.15) is 0 Å². The average Bonchev–Trinajstić information content (AvgIpc) is 2.86. The lowest BCUT2D eigenvalue weighted by molar-refractivity contribution is -0.139. The van der Waals surface area contributed by atoms with Crippen molar-refractivity contribution in [2.45, 2.75) is 84.2 Å². The van der Waals surface area contributed by atoms with Gasteiger partial charge in [-0.25, -0.2) is 0 Å². The summed E-state index contributed by atoms with van der Waals surface area (Å²) in [5.41, 5.74) is 0.981. The van der Waals surface area contributed by atoms with Crippen LogP contribution >= 0.6 is 0 Å². The fourth-order valence-corrected chi connectivity index (χ4v) is 7.83. The zero-order valence-electron chi connectivity index (χ0n) is 16.8. The number of carbonyl (C=O) groups is 1. The van der Waals surface area contributed by atoms with Gasteiger partial charge in [-0.1, -0.05) is 26.3 Å². The maximum absolute atomic E-state index is 12.1. The summed E-state index contributed by atoms with van der Waals surface area (Å²) >= 11 is 0. The van der Waals surface area contributed by atoms with Crippen LogP contribution < -0.4 is 0 Å². The number of allylic oxidation sites excluding steroid dienone is 1. The van der Waals surface area contributed by atoms with Crippen LogP contribution in [0.15, 0.2) is 11.6 Å². The second-order valence-corrected chi connectivity index (χ2v) is 10.3. The molecule has 2 unspecified atom stereocenters. The summed E-state index contributed by atoms with van der Waals surface area (Å²) in [5.74, 6) is 2.68. The summed E-state index contributed by atoms with van der Waals surface area (Å²) in [5, 5.41) is 20.8. The molecule has 26 heavy (non-hydrogen) atoms. The van der Waals surface area contributed by atoms with Crippen molar-refractivity contribution in [1.29, 1.82) is 0 Å². The number of ketones is 1. The topological polar surface area (TPSA) is 57.5 Å². The Morgan fingerprint density at radius 2 is 1.88 bits per heavy atom. The van der Waals surface area contributed by atoms with Crippen molar-refractivity contribution >= 4 is 5.78 Å². The smallest absolute Gasteiger partial charge is 0.155 e. The predicted octanol–water partition coefficient (Wildman–Crippen LogP) is 4.27. The molecular weight excluding hydrogens is 324 g/mol. The van der Waals surface area contributed by atoms with Crippen molar-refractivity contribution in [3.05, 3.63) is 11.6 Å². The fraction of sp³-hybridized carbons (Fsp3) is 0.870. The first-order chi connectivity index (χ1) is 12.3. The number of aliphatic hydroxyl groups excluding tert-OH is 1. The van der Waals surface area contributed by atoms with E-state index in [4.69, 9.17) is 0 Å². The van der Waals surface area contributed by atoms with Gasteiger partial charge in [0.15, 0.2) is 5.78 Å². The van der Waals surface area contributed by atoms with Gasteiger partial charge >= 0.3 is 0 Å². The van der Waals surface area contributed by atoms with E-state index in [-0.39, 0.29) is 17.4 Å². The lowest BCUT2D eigenvalue weighted by atomic mass is 9.44. The van der Waals surface area contributed by atoms with Crippen LogP contribution in [0.3, 0.4) is 0 Å². The van der Waals surface area contributed by atoms with Gasteiger partial charge in [-0.3, -0.25) is 4.79 Å². The summed E-state index contributed by atoms with van der Waals surface area (Å²) in [6, 6.07) is 0. The average molecular weight is 361 g/mol. The minimum Gasteiger partial charge on any atom is -0.396 e. The Morgan fingerprint density at radius 3 is 2.62 bits per heavy atom. The van der Waals surface area contributed by atoms with Crippen LogP contribution in [0.5, 0.6) is 0 Å². The Bertz CT molecular complexity index is 625. The predicted molar refractivity (Wildman–Crippen MR) is 103 cm³/mol. The third kappa shape index (κ3) is 2.35. The lowest BCUT2D eigenvalue weighted by Gasteiger charge is -2.60. The Labute approximate surface area is 158 Å². The maximum Gasteiger partial charge on any atom is 0.155 e. The first-order valence-corrected chi connectivity index (χ1v) is 10.8. The van der Waals surface area contributed by atoms with Crippen LogP contribution in [-0.4, -0.2) is 28.2 Å². The monoisotopic (exact) mass is 360 g/mol. The quantitative estimate of drug-likeness (QED) is 0.790. The highest BCUT2D eigenvalue weighted by Crippen LogP contribution is 2.68. The Morgan fingerprint density at radius 1 is 1.15 bits per heavy atom. The van der Waals surface area contributed by atoms with Gasteiger partial charge in [0, 0.05) is 13.0 Å². The van der Waals surface area contributed by atoms with Crippen molar-refractivity contribution in [3.8, 4) is 0 Å². The van der Waals surface area contributed by atoms with Crippen molar-refractivity contribution in [3.63, 3.8) is 0 Å². The maximum atomic E-state index is 12.1. The molecule has 2 N–H and O–H groups in total. The molecule has 0 aromatic carbocycles. The van der Waals surface area contributed by atoms with E-state index in [1.165, 1.54) is 18.4 Å². The number of rotatable bonds is 3. The Hall–Kier alpha value is -0.670. The first kappa shape index (κ1) is 18.7. The molecule has 4 rings (SSSR count). The van der Waals surface area contributed by atoms with Gasteiger partial charge in [-0.05, 0) is 91.9 Å². The molecule has 3 nitrogen and oxygen atoms in total. The number of fused-ring (bicyclic) bond motifs is 5.